The second kappa shape index (κ2) is 5.45. The Morgan fingerprint density at radius 2 is 2.26 bits per heavy atom. The van der Waals surface area contributed by atoms with Gasteiger partial charge in [-0.2, -0.15) is 0 Å². The lowest BCUT2D eigenvalue weighted by molar-refractivity contribution is -0.136. The highest BCUT2D eigenvalue weighted by Gasteiger charge is 2.44. The fourth-order valence-electron chi connectivity index (χ4n) is 2.00. The number of allylic oxidation sites excluding steroid dienone is 1. The third kappa shape index (κ3) is 3.44. The molecule has 1 unspecified atom stereocenters. The van der Waals surface area contributed by atoms with E-state index in [0.717, 1.165) is 10.9 Å². The number of carbonyl (C=O) groups excluding carboxylic acids is 1. The fraction of sp³-hybridized carbons (Fsp3) is 0.467. The molecular weight excluding hydrogens is 306 g/mol. The summed E-state index contributed by atoms with van der Waals surface area (Å²) < 4.78 is 6.02. The molecule has 3 nitrogen and oxygen atoms in total. The fourth-order valence-corrected chi connectivity index (χ4v) is 2.23. The van der Waals surface area contributed by atoms with Crippen molar-refractivity contribution in [2.24, 2.45) is 11.3 Å². The van der Waals surface area contributed by atoms with Gasteiger partial charge in [-0.1, -0.05) is 19.9 Å². The minimum Gasteiger partial charge on any atom is -0.462 e. The smallest absolute Gasteiger partial charge is 0.340 e. The van der Waals surface area contributed by atoms with Crippen LogP contribution in [0.15, 0.2) is 28.9 Å². The van der Waals surface area contributed by atoms with Crippen LogP contribution >= 0.6 is 15.9 Å². The van der Waals surface area contributed by atoms with Gasteiger partial charge in [0.1, 0.15) is 0 Å². The minimum atomic E-state index is -0.292. The van der Waals surface area contributed by atoms with E-state index in [1.807, 2.05) is 25.1 Å². The van der Waals surface area contributed by atoms with E-state index in [1.165, 1.54) is 0 Å². The summed E-state index contributed by atoms with van der Waals surface area (Å²) in [6.45, 7) is 6.59. The zero-order valence-corrected chi connectivity index (χ0v) is 13.0. The van der Waals surface area contributed by atoms with Crippen molar-refractivity contribution in [2.45, 2.75) is 27.2 Å². The van der Waals surface area contributed by atoms with Crippen LogP contribution in [0.4, 0.5) is 0 Å². The molecule has 1 aliphatic rings. The van der Waals surface area contributed by atoms with Crippen molar-refractivity contribution in [2.75, 3.05) is 6.61 Å². The van der Waals surface area contributed by atoms with Gasteiger partial charge < -0.3 is 4.74 Å². The molecule has 102 valence electrons. The van der Waals surface area contributed by atoms with E-state index >= 15 is 0 Å². The molecule has 2 rings (SSSR count). The summed E-state index contributed by atoms with van der Waals surface area (Å²) in [6, 6.07) is 3.72. The van der Waals surface area contributed by atoms with Gasteiger partial charge in [0.05, 0.1) is 17.9 Å². The molecule has 0 aliphatic heterocycles. The van der Waals surface area contributed by atoms with Gasteiger partial charge in [0.2, 0.25) is 0 Å². The van der Waals surface area contributed by atoms with Gasteiger partial charge in [-0.3, -0.25) is 4.98 Å². The number of nitrogens with zero attached hydrogens (tertiary/aromatic N) is 1. The van der Waals surface area contributed by atoms with Crippen LogP contribution in [0.3, 0.4) is 0 Å². The first-order valence-electron chi connectivity index (χ1n) is 6.45. The van der Waals surface area contributed by atoms with Crippen molar-refractivity contribution in [1.82, 2.24) is 4.98 Å². The number of hydrogen-bond donors (Lipinski definition) is 0. The van der Waals surface area contributed by atoms with Crippen molar-refractivity contribution in [3.8, 4) is 0 Å². The third-order valence-corrected chi connectivity index (χ3v) is 3.93. The zero-order chi connectivity index (χ0) is 14.0. The second-order valence-corrected chi connectivity index (χ2v) is 6.38. The van der Waals surface area contributed by atoms with E-state index in [0.29, 0.717) is 23.8 Å². The van der Waals surface area contributed by atoms with Gasteiger partial charge in [-0.25, -0.2) is 4.79 Å². The Kier molecular flexibility index (Phi) is 4.09. The predicted octanol–water partition coefficient (Wildman–Crippen LogP) is 3.84. The highest BCUT2D eigenvalue weighted by molar-refractivity contribution is 9.10. The molecule has 0 saturated heterocycles. The number of pyridine rings is 1. The lowest BCUT2D eigenvalue weighted by Crippen LogP contribution is -2.08. The topological polar surface area (TPSA) is 39.2 Å². The van der Waals surface area contributed by atoms with Crippen LogP contribution in [0, 0.1) is 11.3 Å². The van der Waals surface area contributed by atoms with Gasteiger partial charge in [-0.15, -0.1) is 0 Å². The standard InChI is InChI=1S/C15H18BrNO2/c1-4-19-14(18)12(7-10-8-15(10,2)3)13-6-5-11(16)9-17-13/h5-7,9-10H,4,8H2,1-3H3/b12-7-. The number of rotatable bonds is 4. The molecule has 1 aliphatic carbocycles. The zero-order valence-electron chi connectivity index (χ0n) is 11.4. The Labute approximate surface area is 122 Å². The molecule has 1 fully saturated rings. The largest absolute Gasteiger partial charge is 0.462 e. The number of hydrogen-bond acceptors (Lipinski definition) is 3. The van der Waals surface area contributed by atoms with Crippen LogP contribution in [0.5, 0.6) is 0 Å². The molecule has 0 aromatic carbocycles. The number of aromatic nitrogens is 1. The van der Waals surface area contributed by atoms with Gasteiger partial charge >= 0.3 is 5.97 Å². The summed E-state index contributed by atoms with van der Waals surface area (Å²) in [7, 11) is 0. The summed E-state index contributed by atoms with van der Waals surface area (Å²) in [6.07, 6.45) is 4.81. The molecule has 0 radical (unpaired) electrons. The number of carbonyl (C=O) groups is 1. The molecule has 1 aromatic rings. The van der Waals surface area contributed by atoms with E-state index in [9.17, 15) is 4.79 Å². The maximum atomic E-state index is 12.1. The first-order chi connectivity index (χ1) is 8.94. The summed E-state index contributed by atoms with van der Waals surface area (Å²) in [5.41, 5.74) is 1.53. The quantitative estimate of drug-likeness (QED) is 0.624. The SMILES string of the molecule is CCOC(=O)/C(=C\C1CC1(C)C)c1ccc(Br)cn1. The summed E-state index contributed by atoms with van der Waals surface area (Å²) in [5.74, 6) is 0.136. The molecule has 0 bridgehead atoms. The molecule has 1 saturated carbocycles. The Morgan fingerprint density at radius 3 is 2.74 bits per heavy atom. The van der Waals surface area contributed by atoms with E-state index in [4.69, 9.17) is 4.74 Å². The number of esters is 1. The van der Waals surface area contributed by atoms with Crippen LogP contribution in [0.25, 0.3) is 5.57 Å². The van der Waals surface area contributed by atoms with Gasteiger partial charge in [0.15, 0.2) is 0 Å². The van der Waals surface area contributed by atoms with Crippen LogP contribution < -0.4 is 0 Å². The first kappa shape index (κ1) is 14.3. The molecule has 0 amide bonds. The Morgan fingerprint density at radius 1 is 1.58 bits per heavy atom. The summed E-state index contributed by atoms with van der Waals surface area (Å²) >= 11 is 3.35. The Bertz CT molecular complexity index is 505. The van der Waals surface area contributed by atoms with E-state index < -0.39 is 0 Å². The molecule has 19 heavy (non-hydrogen) atoms. The Hall–Kier alpha value is -1.16. The molecule has 1 heterocycles. The molecule has 4 heteroatoms. The van der Waals surface area contributed by atoms with Gasteiger partial charge in [0.25, 0.3) is 0 Å². The van der Waals surface area contributed by atoms with E-state index in [-0.39, 0.29) is 11.4 Å². The maximum absolute atomic E-state index is 12.1. The molecule has 0 spiro atoms. The van der Waals surface area contributed by atoms with Crippen molar-refractivity contribution < 1.29 is 9.53 Å². The van der Waals surface area contributed by atoms with Crippen LogP contribution in [0.2, 0.25) is 0 Å². The van der Waals surface area contributed by atoms with Gasteiger partial charge in [0, 0.05) is 10.7 Å². The predicted molar refractivity (Wildman–Crippen MR) is 78.4 cm³/mol. The third-order valence-electron chi connectivity index (χ3n) is 3.46. The normalized spacial score (nSPS) is 21.1. The van der Waals surface area contributed by atoms with Crippen LogP contribution in [-0.4, -0.2) is 17.6 Å². The molecule has 0 N–H and O–H groups in total. The minimum absolute atomic E-state index is 0.285. The monoisotopic (exact) mass is 323 g/mol. The van der Waals surface area contributed by atoms with Crippen molar-refractivity contribution in [3.05, 3.63) is 34.6 Å². The Balaban J connectivity index is 2.29. The number of ether oxygens (including phenoxy) is 1. The number of halogens is 1. The summed E-state index contributed by atoms with van der Waals surface area (Å²) in [5, 5.41) is 0. The average molecular weight is 324 g/mol. The highest BCUT2D eigenvalue weighted by atomic mass is 79.9. The molecule has 1 aromatic heterocycles. The van der Waals surface area contributed by atoms with Crippen molar-refractivity contribution in [3.63, 3.8) is 0 Å². The molecule has 1 atom stereocenters. The maximum Gasteiger partial charge on any atom is 0.340 e. The van der Waals surface area contributed by atoms with Gasteiger partial charge in [-0.05, 0) is 52.7 Å². The van der Waals surface area contributed by atoms with E-state index in [2.05, 4.69) is 34.8 Å². The van der Waals surface area contributed by atoms with Crippen LogP contribution in [-0.2, 0) is 9.53 Å². The van der Waals surface area contributed by atoms with Crippen LogP contribution in [0.1, 0.15) is 32.9 Å². The van der Waals surface area contributed by atoms with Crippen molar-refractivity contribution >= 4 is 27.5 Å². The summed E-state index contributed by atoms with van der Waals surface area (Å²) in [4.78, 5) is 16.4. The lowest BCUT2D eigenvalue weighted by Gasteiger charge is -2.07. The van der Waals surface area contributed by atoms with E-state index in [1.54, 1.807) is 6.20 Å². The average Bonchev–Trinajstić information content (AvgIpc) is 2.95. The second-order valence-electron chi connectivity index (χ2n) is 5.46. The van der Waals surface area contributed by atoms with Crippen molar-refractivity contribution in [1.29, 1.82) is 0 Å². The highest BCUT2D eigenvalue weighted by Crippen LogP contribution is 2.53. The first-order valence-corrected chi connectivity index (χ1v) is 7.24. The molecular formula is C15H18BrNO2. The lowest BCUT2D eigenvalue weighted by atomic mass is 10.1.